The fourth-order valence-electron chi connectivity index (χ4n) is 1.27. The Bertz CT molecular complexity index is 442. The van der Waals surface area contributed by atoms with Crippen molar-refractivity contribution >= 4 is 18.2 Å². The summed E-state index contributed by atoms with van der Waals surface area (Å²) in [6.45, 7) is 0.407. The molecule has 1 aromatic heterocycles. The molecular weight excluding hydrogens is 217 g/mol. The van der Waals surface area contributed by atoms with Gasteiger partial charge in [-0.25, -0.2) is 4.39 Å². The predicted molar refractivity (Wildman–Crippen MR) is 59.4 cm³/mol. The maximum absolute atomic E-state index is 13.2. The normalized spacial score (nSPS) is 9.67. The van der Waals surface area contributed by atoms with Crippen LogP contribution >= 0.6 is 12.4 Å². The molecule has 0 bridgehead atoms. The van der Waals surface area contributed by atoms with E-state index in [-0.39, 0.29) is 18.2 Å². The summed E-state index contributed by atoms with van der Waals surface area (Å²) in [6.07, 6.45) is 1.72. The molecule has 2 rings (SSSR count). The van der Waals surface area contributed by atoms with E-state index in [4.69, 9.17) is 5.73 Å². The number of nitrogens with two attached hydrogens (primary N) is 1. The Morgan fingerprint density at radius 2 is 2.00 bits per heavy atom. The molecule has 0 atom stereocenters. The van der Waals surface area contributed by atoms with Crippen LogP contribution in [-0.4, -0.2) is 9.78 Å². The first-order chi connectivity index (χ1) is 6.75. The van der Waals surface area contributed by atoms with Gasteiger partial charge in [0.2, 0.25) is 0 Å². The summed E-state index contributed by atoms with van der Waals surface area (Å²) in [5.41, 5.74) is 6.05. The smallest absolute Gasteiger partial charge is 0.145 e. The van der Waals surface area contributed by atoms with Gasteiger partial charge in [0.15, 0.2) is 0 Å². The topological polar surface area (TPSA) is 43.8 Å². The maximum Gasteiger partial charge on any atom is 0.145 e. The first kappa shape index (κ1) is 11.5. The number of anilines is 1. The first-order valence-electron chi connectivity index (χ1n) is 4.28. The van der Waals surface area contributed by atoms with Crippen molar-refractivity contribution in [3.63, 3.8) is 0 Å². The Morgan fingerprint density at radius 3 is 2.60 bits per heavy atom. The molecule has 0 unspecified atom stereocenters. The molecule has 0 fully saturated rings. The van der Waals surface area contributed by atoms with Gasteiger partial charge in [0.05, 0.1) is 6.54 Å². The molecule has 80 valence electrons. The highest BCUT2D eigenvalue weighted by Crippen LogP contribution is 2.08. The quantitative estimate of drug-likeness (QED) is 0.854. The molecule has 3 nitrogen and oxygen atoms in total. The zero-order valence-corrected chi connectivity index (χ0v) is 8.75. The van der Waals surface area contributed by atoms with Gasteiger partial charge in [0, 0.05) is 11.8 Å². The summed E-state index contributed by atoms with van der Waals surface area (Å²) in [5, 5.41) is 3.97. The second-order valence-corrected chi connectivity index (χ2v) is 3.03. The lowest BCUT2D eigenvalue weighted by molar-refractivity contribution is 0.586. The third-order valence-electron chi connectivity index (χ3n) is 1.95. The van der Waals surface area contributed by atoms with Crippen LogP contribution in [0.15, 0.2) is 36.5 Å². The van der Waals surface area contributed by atoms with Crippen LogP contribution in [0.2, 0.25) is 0 Å². The van der Waals surface area contributed by atoms with E-state index in [1.807, 2.05) is 0 Å². The summed E-state index contributed by atoms with van der Waals surface area (Å²) >= 11 is 0. The Morgan fingerprint density at radius 1 is 1.27 bits per heavy atom. The number of halogens is 2. The van der Waals surface area contributed by atoms with Crippen molar-refractivity contribution in [1.29, 1.82) is 0 Å². The molecule has 2 aromatic rings. The van der Waals surface area contributed by atoms with E-state index in [1.54, 1.807) is 35.1 Å². The Labute approximate surface area is 93.1 Å². The molecule has 0 saturated heterocycles. The van der Waals surface area contributed by atoms with Gasteiger partial charge in [-0.3, -0.25) is 4.68 Å². The van der Waals surface area contributed by atoms with E-state index in [1.165, 1.54) is 6.07 Å². The second-order valence-electron chi connectivity index (χ2n) is 3.03. The minimum Gasteiger partial charge on any atom is -0.382 e. The molecule has 1 aromatic carbocycles. The number of rotatable bonds is 2. The zero-order valence-electron chi connectivity index (χ0n) is 7.93. The van der Waals surface area contributed by atoms with Crippen LogP contribution in [0, 0.1) is 5.82 Å². The van der Waals surface area contributed by atoms with Crippen LogP contribution in [0.25, 0.3) is 0 Å². The second kappa shape index (κ2) is 4.79. The van der Waals surface area contributed by atoms with E-state index in [2.05, 4.69) is 5.10 Å². The van der Waals surface area contributed by atoms with Crippen molar-refractivity contribution in [2.45, 2.75) is 6.54 Å². The molecule has 5 heteroatoms. The third-order valence-corrected chi connectivity index (χ3v) is 1.95. The number of benzene rings is 1. The standard InChI is InChI=1S/C10H10FN3.ClH/c11-9-4-2-1-3-8(9)7-14-6-5-10(12)13-14;/h1-6H,7H2,(H2,12,13);1H. The molecule has 0 spiro atoms. The fourth-order valence-corrected chi connectivity index (χ4v) is 1.27. The highest BCUT2D eigenvalue weighted by Gasteiger charge is 2.01. The van der Waals surface area contributed by atoms with Crippen molar-refractivity contribution in [3.8, 4) is 0 Å². The summed E-state index contributed by atoms with van der Waals surface area (Å²) in [6, 6.07) is 8.30. The van der Waals surface area contributed by atoms with Crippen molar-refractivity contribution in [3.05, 3.63) is 47.9 Å². The molecule has 0 radical (unpaired) electrons. The van der Waals surface area contributed by atoms with Crippen LogP contribution < -0.4 is 5.73 Å². The monoisotopic (exact) mass is 227 g/mol. The number of hydrogen-bond acceptors (Lipinski definition) is 2. The minimum absolute atomic E-state index is 0. The molecule has 0 aliphatic rings. The van der Waals surface area contributed by atoms with Crippen LogP contribution in [0.4, 0.5) is 10.2 Å². The van der Waals surface area contributed by atoms with Crippen molar-refractivity contribution < 1.29 is 4.39 Å². The lowest BCUT2D eigenvalue weighted by Gasteiger charge is -2.02. The van der Waals surface area contributed by atoms with Crippen molar-refractivity contribution in [2.24, 2.45) is 0 Å². The minimum atomic E-state index is -0.221. The van der Waals surface area contributed by atoms with Gasteiger partial charge >= 0.3 is 0 Å². The lowest BCUT2D eigenvalue weighted by atomic mass is 10.2. The Kier molecular flexibility index (Phi) is 3.68. The number of nitrogen functional groups attached to an aromatic ring is 1. The lowest BCUT2D eigenvalue weighted by Crippen LogP contribution is -2.02. The summed E-state index contributed by atoms with van der Waals surface area (Å²) in [5.74, 6) is 0.225. The highest BCUT2D eigenvalue weighted by atomic mass is 35.5. The van der Waals surface area contributed by atoms with Crippen molar-refractivity contribution in [1.82, 2.24) is 9.78 Å². The van der Waals surface area contributed by atoms with Crippen LogP contribution in [0.1, 0.15) is 5.56 Å². The van der Waals surface area contributed by atoms with Crippen LogP contribution in [-0.2, 0) is 6.54 Å². The molecular formula is C10H11ClFN3. The van der Waals surface area contributed by atoms with E-state index in [0.717, 1.165) is 0 Å². The van der Waals surface area contributed by atoms with Crippen molar-refractivity contribution in [2.75, 3.05) is 5.73 Å². The molecule has 2 N–H and O–H groups in total. The number of nitrogens with zero attached hydrogens (tertiary/aromatic N) is 2. The first-order valence-corrected chi connectivity index (χ1v) is 4.28. The van der Waals surface area contributed by atoms with E-state index < -0.39 is 0 Å². The summed E-state index contributed by atoms with van der Waals surface area (Å²) in [7, 11) is 0. The molecule has 0 aliphatic carbocycles. The maximum atomic E-state index is 13.2. The average Bonchev–Trinajstić information content (AvgIpc) is 2.56. The molecule has 1 heterocycles. The van der Waals surface area contributed by atoms with Gasteiger partial charge in [0.1, 0.15) is 11.6 Å². The van der Waals surface area contributed by atoms with Gasteiger partial charge in [-0.2, -0.15) is 5.10 Å². The summed E-state index contributed by atoms with van der Waals surface area (Å²) < 4.78 is 14.8. The molecule has 15 heavy (non-hydrogen) atoms. The molecule has 0 amide bonds. The van der Waals surface area contributed by atoms with Gasteiger partial charge in [-0.05, 0) is 12.1 Å². The van der Waals surface area contributed by atoms with Gasteiger partial charge < -0.3 is 5.73 Å². The number of aromatic nitrogens is 2. The van der Waals surface area contributed by atoms with Gasteiger partial charge in [0.25, 0.3) is 0 Å². The zero-order chi connectivity index (χ0) is 9.97. The average molecular weight is 228 g/mol. The van der Waals surface area contributed by atoms with Crippen LogP contribution in [0.3, 0.4) is 0 Å². The number of hydrogen-bond donors (Lipinski definition) is 1. The Balaban J connectivity index is 0.00000112. The fraction of sp³-hybridized carbons (Fsp3) is 0.100. The molecule has 0 aliphatic heterocycles. The van der Waals surface area contributed by atoms with Crippen LogP contribution in [0.5, 0.6) is 0 Å². The van der Waals surface area contributed by atoms with E-state index in [9.17, 15) is 4.39 Å². The Hall–Kier alpha value is -1.55. The highest BCUT2D eigenvalue weighted by molar-refractivity contribution is 5.85. The van der Waals surface area contributed by atoms with Gasteiger partial charge in [-0.15, -0.1) is 12.4 Å². The predicted octanol–water partition coefficient (Wildman–Crippen LogP) is 2.07. The van der Waals surface area contributed by atoms with Gasteiger partial charge in [-0.1, -0.05) is 18.2 Å². The van der Waals surface area contributed by atoms with E-state index in [0.29, 0.717) is 17.9 Å². The summed E-state index contributed by atoms with van der Waals surface area (Å²) in [4.78, 5) is 0. The largest absolute Gasteiger partial charge is 0.382 e. The SMILES string of the molecule is Cl.Nc1ccn(Cc2ccccc2F)n1. The third kappa shape index (κ3) is 2.70. The van der Waals surface area contributed by atoms with E-state index >= 15 is 0 Å². The molecule has 0 saturated carbocycles.